The van der Waals surface area contributed by atoms with Crippen molar-refractivity contribution in [3.05, 3.63) is 29.3 Å². The second-order valence-corrected chi connectivity index (χ2v) is 6.67. The van der Waals surface area contributed by atoms with E-state index in [1.165, 1.54) is 23.5 Å². The Bertz CT molecular complexity index is 588. The summed E-state index contributed by atoms with van der Waals surface area (Å²) in [5, 5.41) is 2.86. The van der Waals surface area contributed by atoms with Gasteiger partial charge in [-0.15, -0.1) is 0 Å². The first-order chi connectivity index (χ1) is 8.96. The predicted octanol–water partition coefficient (Wildman–Crippen LogP) is 1.24. The molecule has 1 fully saturated rings. The van der Waals surface area contributed by atoms with E-state index in [1.807, 2.05) is 0 Å². The maximum atomic E-state index is 12.5. The minimum absolute atomic E-state index is 0.121. The van der Waals surface area contributed by atoms with E-state index >= 15 is 0 Å². The summed E-state index contributed by atoms with van der Waals surface area (Å²) in [7, 11) is -2.17. The highest BCUT2D eigenvalue weighted by Gasteiger charge is 2.38. The third-order valence-corrected chi connectivity index (χ3v) is 5.29. The maximum Gasteiger partial charge on any atom is 0.243 e. The molecule has 1 aliphatic rings. The van der Waals surface area contributed by atoms with Crippen molar-refractivity contribution in [2.75, 3.05) is 13.6 Å². The monoisotopic (exact) mass is 302 g/mol. The SMILES string of the molecule is CNC(=O)C1CCCN1S(=O)(=O)c1cccc(Cl)c1. The van der Waals surface area contributed by atoms with Crippen LogP contribution in [0.3, 0.4) is 0 Å². The third kappa shape index (κ3) is 2.75. The highest BCUT2D eigenvalue weighted by atomic mass is 35.5. The maximum absolute atomic E-state index is 12.5. The number of carbonyl (C=O) groups is 1. The molecule has 1 N–H and O–H groups in total. The van der Waals surface area contributed by atoms with E-state index in [9.17, 15) is 13.2 Å². The van der Waals surface area contributed by atoms with Crippen molar-refractivity contribution in [3.63, 3.8) is 0 Å². The van der Waals surface area contributed by atoms with Crippen molar-refractivity contribution < 1.29 is 13.2 Å². The van der Waals surface area contributed by atoms with Crippen LogP contribution in [0.15, 0.2) is 29.2 Å². The molecular weight excluding hydrogens is 288 g/mol. The lowest BCUT2D eigenvalue weighted by Gasteiger charge is -2.22. The average molecular weight is 303 g/mol. The molecule has 7 heteroatoms. The summed E-state index contributed by atoms with van der Waals surface area (Å²) in [5.41, 5.74) is 0. The van der Waals surface area contributed by atoms with Crippen LogP contribution in [0.1, 0.15) is 12.8 Å². The van der Waals surface area contributed by atoms with Crippen LogP contribution in [0.5, 0.6) is 0 Å². The van der Waals surface area contributed by atoms with Crippen LogP contribution < -0.4 is 5.32 Å². The molecule has 1 saturated heterocycles. The van der Waals surface area contributed by atoms with E-state index in [-0.39, 0.29) is 10.8 Å². The predicted molar refractivity (Wildman–Crippen MR) is 72.4 cm³/mol. The first kappa shape index (κ1) is 14.3. The molecule has 0 aliphatic carbocycles. The number of likely N-dealkylation sites (N-methyl/N-ethyl adjacent to an activating group) is 1. The summed E-state index contributed by atoms with van der Waals surface area (Å²) in [6, 6.07) is 5.45. The lowest BCUT2D eigenvalue weighted by atomic mass is 10.2. The number of nitrogens with zero attached hydrogens (tertiary/aromatic N) is 1. The Morgan fingerprint density at radius 3 is 2.84 bits per heavy atom. The quantitative estimate of drug-likeness (QED) is 0.913. The summed E-state index contributed by atoms with van der Waals surface area (Å²) in [4.78, 5) is 11.8. The van der Waals surface area contributed by atoms with E-state index in [4.69, 9.17) is 11.6 Å². The Kier molecular flexibility index (Phi) is 4.13. The zero-order valence-corrected chi connectivity index (χ0v) is 12.0. The summed E-state index contributed by atoms with van der Waals surface area (Å²) in [6.07, 6.45) is 1.22. The molecule has 1 heterocycles. The molecule has 1 unspecified atom stereocenters. The summed E-state index contributed by atoms with van der Waals surface area (Å²) in [6.45, 7) is 0.354. The van der Waals surface area contributed by atoms with Crippen molar-refractivity contribution >= 4 is 27.5 Å². The fourth-order valence-corrected chi connectivity index (χ4v) is 4.18. The molecule has 1 aromatic rings. The molecule has 0 spiro atoms. The molecule has 0 saturated carbocycles. The van der Waals surface area contributed by atoms with Crippen LogP contribution in [0.25, 0.3) is 0 Å². The van der Waals surface area contributed by atoms with E-state index in [1.54, 1.807) is 12.1 Å². The molecule has 19 heavy (non-hydrogen) atoms. The second kappa shape index (κ2) is 5.48. The largest absolute Gasteiger partial charge is 0.358 e. The van der Waals surface area contributed by atoms with E-state index in [0.29, 0.717) is 24.4 Å². The molecule has 5 nitrogen and oxygen atoms in total. The normalized spacial score (nSPS) is 20.4. The van der Waals surface area contributed by atoms with Gasteiger partial charge in [0.1, 0.15) is 6.04 Å². The molecule has 1 atom stereocenters. The standard InChI is InChI=1S/C12H15ClN2O3S/c1-14-12(16)11-6-3-7-15(11)19(17,18)10-5-2-4-9(13)8-10/h2,4-5,8,11H,3,6-7H2,1H3,(H,14,16). The first-order valence-electron chi connectivity index (χ1n) is 5.96. The number of hydrogen-bond acceptors (Lipinski definition) is 3. The van der Waals surface area contributed by atoms with E-state index < -0.39 is 16.1 Å². The van der Waals surface area contributed by atoms with Gasteiger partial charge in [0.05, 0.1) is 4.90 Å². The van der Waals surface area contributed by atoms with Gasteiger partial charge in [-0.3, -0.25) is 4.79 Å². The first-order valence-corrected chi connectivity index (χ1v) is 7.77. The van der Waals surface area contributed by atoms with Gasteiger partial charge in [-0.25, -0.2) is 8.42 Å². The highest BCUT2D eigenvalue weighted by Crippen LogP contribution is 2.27. The van der Waals surface area contributed by atoms with E-state index in [2.05, 4.69) is 5.32 Å². The van der Waals surface area contributed by atoms with Crippen LogP contribution in [-0.2, 0) is 14.8 Å². The van der Waals surface area contributed by atoms with Crippen LogP contribution in [0.2, 0.25) is 5.02 Å². The fraction of sp³-hybridized carbons (Fsp3) is 0.417. The number of amides is 1. The van der Waals surface area contributed by atoms with Gasteiger partial charge in [-0.1, -0.05) is 17.7 Å². The molecule has 2 rings (SSSR count). The summed E-state index contributed by atoms with van der Waals surface area (Å²) in [5.74, 6) is -0.275. The Labute approximate surface area is 117 Å². The highest BCUT2D eigenvalue weighted by molar-refractivity contribution is 7.89. The molecule has 0 radical (unpaired) electrons. The molecule has 0 aromatic heterocycles. The van der Waals surface area contributed by atoms with Crippen molar-refractivity contribution in [1.82, 2.24) is 9.62 Å². The molecule has 104 valence electrons. The van der Waals surface area contributed by atoms with Gasteiger partial charge in [0, 0.05) is 18.6 Å². The zero-order chi connectivity index (χ0) is 14.0. The van der Waals surface area contributed by atoms with Crippen molar-refractivity contribution in [2.24, 2.45) is 0 Å². The smallest absolute Gasteiger partial charge is 0.243 e. The number of halogens is 1. The van der Waals surface area contributed by atoms with Crippen molar-refractivity contribution in [3.8, 4) is 0 Å². The third-order valence-electron chi connectivity index (χ3n) is 3.16. The second-order valence-electron chi connectivity index (χ2n) is 4.35. The van der Waals surface area contributed by atoms with Gasteiger partial charge >= 0.3 is 0 Å². The number of hydrogen-bond donors (Lipinski definition) is 1. The Balaban J connectivity index is 2.36. The topological polar surface area (TPSA) is 66.5 Å². The van der Waals surface area contributed by atoms with Crippen LogP contribution >= 0.6 is 11.6 Å². The van der Waals surface area contributed by atoms with Crippen LogP contribution in [0.4, 0.5) is 0 Å². The Morgan fingerprint density at radius 2 is 2.21 bits per heavy atom. The zero-order valence-electron chi connectivity index (χ0n) is 10.5. The summed E-state index contributed by atoms with van der Waals surface area (Å²) < 4.78 is 26.3. The minimum Gasteiger partial charge on any atom is -0.358 e. The lowest BCUT2D eigenvalue weighted by molar-refractivity contribution is -0.123. The van der Waals surface area contributed by atoms with Crippen molar-refractivity contribution in [1.29, 1.82) is 0 Å². The number of nitrogens with one attached hydrogen (secondary N) is 1. The Hall–Kier alpha value is -1.11. The number of benzene rings is 1. The van der Waals surface area contributed by atoms with Crippen LogP contribution in [0, 0.1) is 0 Å². The van der Waals surface area contributed by atoms with Gasteiger partial charge in [-0.2, -0.15) is 4.31 Å². The molecule has 1 aliphatic heterocycles. The summed E-state index contributed by atoms with van der Waals surface area (Å²) >= 11 is 5.82. The number of sulfonamides is 1. The lowest BCUT2D eigenvalue weighted by Crippen LogP contribution is -2.44. The average Bonchev–Trinajstić information content (AvgIpc) is 2.87. The number of carbonyl (C=O) groups excluding carboxylic acids is 1. The molecule has 0 bridgehead atoms. The van der Waals surface area contributed by atoms with Gasteiger partial charge in [0.15, 0.2) is 0 Å². The Morgan fingerprint density at radius 1 is 1.47 bits per heavy atom. The number of rotatable bonds is 3. The van der Waals surface area contributed by atoms with Crippen molar-refractivity contribution in [2.45, 2.75) is 23.8 Å². The molecule has 1 aromatic carbocycles. The molecular formula is C12H15ClN2O3S. The minimum atomic E-state index is -3.68. The van der Waals surface area contributed by atoms with Crippen LogP contribution in [-0.4, -0.2) is 38.3 Å². The molecule has 1 amide bonds. The van der Waals surface area contributed by atoms with Gasteiger partial charge in [-0.05, 0) is 31.0 Å². The van der Waals surface area contributed by atoms with Gasteiger partial charge in [0.25, 0.3) is 0 Å². The van der Waals surface area contributed by atoms with Gasteiger partial charge < -0.3 is 5.32 Å². The van der Waals surface area contributed by atoms with Gasteiger partial charge in [0.2, 0.25) is 15.9 Å². The fourth-order valence-electron chi connectivity index (χ4n) is 2.22. The van der Waals surface area contributed by atoms with E-state index in [0.717, 1.165) is 0 Å².